The lowest BCUT2D eigenvalue weighted by Gasteiger charge is -2.40. The number of benzene rings is 2. The number of carboxylic acids is 1. The van der Waals surface area contributed by atoms with Gasteiger partial charge in [0, 0.05) is 17.0 Å². The van der Waals surface area contributed by atoms with Gasteiger partial charge in [-0.05, 0) is 47.6 Å². The summed E-state index contributed by atoms with van der Waals surface area (Å²) in [5, 5.41) is 13.7. The molecule has 7 heteroatoms. The Kier molecular flexibility index (Phi) is 6.23. The quantitative estimate of drug-likeness (QED) is 0.592. The Balaban J connectivity index is 2.28. The number of aryl methyl sites for hydroxylation is 1. The predicted octanol–water partition coefficient (Wildman–Crippen LogP) is 5.24. The lowest BCUT2D eigenvalue weighted by atomic mass is 9.68. The van der Waals surface area contributed by atoms with E-state index < -0.39 is 35.3 Å². The monoisotopic (exact) mass is 452 g/mol. The van der Waals surface area contributed by atoms with Crippen LogP contribution < -0.4 is 11.1 Å². The second-order valence-corrected chi connectivity index (χ2v) is 10.1. The highest BCUT2D eigenvalue weighted by molar-refractivity contribution is 6.31. The van der Waals surface area contributed by atoms with Crippen molar-refractivity contribution in [3.8, 4) is 0 Å². The molecule has 3 rings (SSSR count). The highest BCUT2D eigenvalue weighted by Gasteiger charge is 2.57. The number of aliphatic carboxylic acids is 1. The third-order valence-corrected chi connectivity index (χ3v) is 6.58. The van der Waals surface area contributed by atoms with Crippen LogP contribution in [0.1, 0.15) is 49.8 Å². The van der Waals surface area contributed by atoms with E-state index in [2.05, 4.69) is 26.1 Å². The van der Waals surface area contributed by atoms with Crippen LogP contribution >= 0.6 is 23.2 Å². The number of carboxylic acid groups (broad SMARTS) is 1. The van der Waals surface area contributed by atoms with Crippen molar-refractivity contribution in [1.82, 2.24) is 5.32 Å². The summed E-state index contributed by atoms with van der Waals surface area (Å²) in [5.41, 5.74) is 7.47. The first-order chi connectivity index (χ1) is 13.9. The maximum atomic E-state index is 15.1. The second-order valence-electron chi connectivity index (χ2n) is 9.32. The number of carbonyl (C=O) groups is 1. The minimum Gasteiger partial charge on any atom is -0.480 e. The van der Waals surface area contributed by atoms with Gasteiger partial charge in [-0.2, -0.15) is 0 Å². The molecule has 0 unspecified atom stereocenters. The zero-order valence-electron chi connectivity index (χ0n) is 17.5. The maximum absolute atomic E-state index is 15.1. The standard InChI is InChI=1S/C23H27Cl2FN2O2/c1-12-10-13(8-9-15(12)24)23(27)17(11-22(2,3)4)28-20(21(29)30)18(23)14-6-5-7-16(25)19(14)26/h5-10,17-18,20,28H,11,27H2,1-4H3,(H,29,30)/t17-,18-,20+,23+/m0/s1. The lowest BCUT2D eigenvalue weighted by molar-refractivity contribution is -0.139. The SMILES string of the molecule is Cc1cc([C@@]2(N)[C@H](CC(C)(C)C)N[C@@H](C(=O)O)[C@@H]2c2cccc(Cl)c2F)ccc1Cl. The number of halogens is 3. The van der Waals surface area contributed by atoms with Crippen LogP contribution in [0.15, 0.2) is 36.4 Å². The summed E-state index contributed by atoms with van der Waals surface area (Å²) < 4.78 is 15.1. The Morgan fingerprint density at radius 3 is 2.47 bits per heavy atom. The molecule has 0 bridgehead atoms. The first-order valence-electron chi connectivity index (χ1n) is 9.84. The van der Waals surface area contributed by atoms with Gasteiger partial charge in [0.2, 0.25) is 0 Å². The number of nitrogens with one attached hydrogen (secondary N) is 1. The minimum atomic E-state index is -1.20. The molecule has 1 heterocycles. The number of rotatable bonds is 4. The molecule has 4 N–H and O–H groups in total. The fourth-order valence-electron chi connectivity index (χ4n) is 4.49. The van der Waals surface area contributed by atoms with Gasteiger partial charge < -0.3 is 10.8 Å². The van der Waals surface area contributed by atoms with Gasteiger partial charge in [-0.3, -0.25) is 10.1 Å². The molecular formula is C23H27Cl2FN2O2. The van der Waals surface area contributed by atoms with Crippen LogP contribution in [-0.4, -0.2) is 23.2 Å². The molecule has 4 atom stereocenters. The Morgan fingerprint density at radius 1 is 1.23 bits per heavy atom. The molecule has 1 aliphatic heterocycles. The molecule has 1 fully saturated rings. The molecule has 0 aromatic heterocycles. The summed E-state index contributed by atoms with van der Waals surface area (Å²) in [6.45, 7) is 8.04. The first-order valence-corrected chi connectivity index (χ1v) is 10.6. The Labute approximate surface area is 186 Å². The van der Waals surface area contributed by atoms with E-state index in [0.717, 1.165) is 5.56 Å². The second kappa shape index (κ2) is 8.12. The molecule has 1 aliphatic rings. The van der Waals surface area contributed by atoms with Crippen molar-refractivity contribution in [3.63, 3.8) is 0 Å². The van der Waals surface area contributed by atoms with Gasteiger partial charge in [0.1, 0.15) is 11.9 Å². The summed E-state index contributed by atoms with van der Waals surface area (Å²) in [6.07, 6.45) is 0.591. The van der Waals surface area contributed by atoms with Gasteiger partial charge in [-0.1, -0.05) is 68.2 Å². The molecule has 30 heavy (non-hydrogen) atoms. The summed E-state index contributed by atoms with van der Waals surface area (Å²) in [7, 11) is 0. The molecule has 2 aromatic carbocycles. The fraction of sp³-hybridized carbons (Fsp3) is 0.435. The topological polar surface area (TPSA) is 75.3 Å². The van der Waals surface area contributed by atoms with Crippen LogP contribution in [-0.2, 0) is 10.3 Å². The van der Waals surface area contributed by atoms with Gasteiger partial charge in [0.25, 0.3) is 0 Å². The van der Waals surface area contributed by atoms with Gasteiger partial charge in [-0.25, -0.2) is 4.39 Å². The van der Waals surface area contributed by atoms with E-state index in [-0.39, 0.29) is 16.0 Å². The van der Waals surface area contributed by atoms with Crippen molar-refractivity contribution in [2.24, 2.45) is 11.1 Å². The zero-order chi connectivity index (χ0) is 22.4. The van der Waals surface area contributed by atoms with Gasteiger partial charge >= 0.3 is 5.97 Å². The van der Waals surface area contributed by atoms with E-state index in [1.807, 2.05) is 13.0 Å². The summed E-state index contributed by atoms with van der Waals surface area (Å²) in [5.74, 6) is -2.60. The lowest BCUT2D eigenvalue weighted by Crippen LogP contribution is -2.52. The number of nitrogens with two attached hydrogens (primary N) is 1. The summed E-state index contributed by atoms with van der Waals surface area (Å²) in [4.78, 5) is 12.2. The molecule has 0 radical (unpaired) electrons. The molecule has 0 spiro atoms. The van der Waals surface area contributed by atoms with Crippen molar-refractivity contribution in [2.45, 2.75) is 57.7 Å². The van der Waals surface area contributed by atoms with E-state index >= 15 is 4.39 Å². The zero-order valence-corrected chi connectivity index (χ0v) is 19.0. The van der Waals surface area contributed by atoms with Crippen molar-refractivity contribution in [2.75, 3.05) is 0 Å². The maximum Gasteiger partial charge on any atom is 0.321 e. The fourth-order valence-corrected chi connectivity index (χ4v) is 4.79. The molecule has 2 aromatic rings. The van der Waals surface area contributed by atoms with Crippen LogP contribution in [0.4, 0.5) is 4.39 Å². The highest BCUT2D eigenvalue weighted by Crippen LogP contribution is 2.49. The minimum absolute atomic E-state index is 0.0643. The van der Waals surface area contributed by atoms with E-state index in [0.29, 0.717) is 17.0 Å². The van der Waals surface area contributed by atoms with Gasteiger partial charge in [0.15, 0.2) is 0 Å². The van der Waals surface area contributed by atoms with Gasteiger partial charge in [0.05, 0.1) is 10.6 Å². The average Bonchev–Trinajstić information content (AvgIpc) is 2.92. The van der Waals surface area contributed by atoms with E-state index in [1.54, 1.807) is 24.3 Å². The van der Waals surface area contributed by atoms with Crippen LogP contribution in [0.25, 0.3) is 0 Å². The largest absolute Gasteiger partial charge is 0.480 e. The molecule has 0 aliphatic carbocycles. The summed E-state index contributed by atoms with van der Waals surface area (Å²) >= 11 is 12.3. The third-order valence-electron chi connectivity index (χ3n) is 5.86. The van der Waals surface area contributed by atoms with E-state index in [4.69, 9.17) is 28.9 Å². The molecule has 0 amide bonds. The van der Waals surface area contributed by atoms with Crippen molar-refractivity contribution in [1.29, 1.82) is 0 Å². The van der Waals surface area contributed by atoms with E-state index in [9.17, 15) is 9.90 Å². The Morgan fingerprint density at radius 2 is 1.90 bits per heavy atom. The molecule has 162 valence electrons. The smallest absolute Gasteiger partial charge is 0.321 e. The molecule has 1 saturated heterocycles. The van der Waals surface area contributed by atoms with Gasteiger partial charge in [-0.15, -0.1) is 0 Å². The van der Waals surface area contributed by atoms with Crippen LogP contribution in [0.3, 0.4) is 0 Å². The van der Waals surface area contributed by atoms with E-state index in [1.165, 1.54) is 6.07 Å². The Hall–Kier alpha value is -1.66. The number of hydrogen-bond acceptors (Lipinski definition) is 3. The predicted molar refractivity (Wildman–Crippen MR) is 119 cm³/mol. The highest BCUT2D eigenvalue weighted by atomic mass is 35.5. The average molecular weight is 453 g/mol. The Bertz CT molecular complexity index is 976. The number of hydrogen-bond donors (Lipinski definition) is 3. The molecular weight excluding hydrogens is 426 g/mol. The molecule has 0 saturated carbocycles. The first kappa shape index (κ1) is 23.0. The third kappa shape index (κ3) is 4.09. The van der Waals surface area contributed by atoms with Crippen LogP contribution in [0.2, 0.25) is 10.0 Å². The summed E-state index contributed by atoms with van der Waals surface area (Å²) in [6, 6.07) is 8.53. The van der Waals surface area contributed by atoms with Crippen molar-refractivity contribution in [3.05, 3.63) is 69.0 Å². The van der Waals surface area contributed by atoms with Crippen molar-refractivity contribution < 1.29 is 14.3 Å². The van der Waals surface area contributed by atoms with Crippen LogP contribution in [0, 0.1) is 18.2 Å². The van der Waals surface area contributed by atoms with Crippen molar-refractivity contribution >= 4 is 29.2 Å². The normalized spacial score (nSPS) is 26.7. The molecule has 4 nitrogen and oxygen atoms in total. The van der Waals surface area contributed by atoms with Crippen LogP contribution in [0.5, 0.6) is 0 Å².